The van der Waals surface area contributed by atoms with Crippen molar-refractivity contribution in [1.29, 1.82) is 0 Å². The second-order valence-electron chi connectivity index (χ2n) is 3.50. The Morgan fingerprint density at radius 2 is 2.12 bits per heavy atom. The third kappa shape index (κ3) is 1.96. The van der Waals surface area contributed by atoms with Gasteiger partial charge in [-0.05, 0) is 24.6 Å². The van der Waals surface area contributed by atoms with Crippen molar-refractivity contribution in [3.8, 4) is 17.0 Å². The highest BCUT2D eigenvalue weighted by Crippen LogP contribution is 2.32. The minimum atomic E-state index is -1.28. The molecule has 0 atom stereocenters. The molecular formula is C11H8FNO4. The molecule has 5 nitrogen and oxygen atoms in total. The Morgan fingerprint density at radius 1 is 1.41 bits per heavy atom. The van der Waals surface area contributed by atoms with Gasteiger partial charge in [0.05, 0.1) is 0 Å². The van der Waals surface area contributed by atoms with Crippen molar-refractivity contribution in [2.75, 3.05) is 0 Å². The Hall–Kier alpha value is -2.37. The van der Waals surface area contributed by atoms with Gasteiger partial charge >= 0.3 is 5.97 Å². The first-order valence-electron chi connectivity index (χ1n) is 4.68. The molecule has 0 unspecified atom stereocenters. The predicted molar refractivity (Wildman–Crippen MR) is 55.3 cm³/mol. The fraction of sp³-hybridized carbons (Fsp3) is 0.0909. The second-order valence-corrected chi connectivity index (χ2v) is 3.50. The molecule has 0 radical (unpaired) electrons. The van der Waals surface area contributed by atoms with Gasteiger partial charge in [0.15, 0.2) is 0 Å². The molecule has 1 aromatic carbocycles. The fourth-order valence-electron chi connectivity index (χ4n) is 1.43. The van der Waals surface area contributed by atoms with E-state index in [1.54, 1.807) is 0 Å². The van der Waals surface area contributed by atoms with Gasteiger partial charge < -0.3 is 14.7 Å². The number of carboxylic acids is 1. The Labute approximate surface area is 95.1 Å². The van der Waals surface area contributed by atoms with Gasteiger partial charge in [-0.3, -0.25) is 0 Å². The summed E-state index contributed by atoms with van der Waals surface area (Å²) < 4.78 is 17.7. The number of hydrogen-bond acceptors (Lipinski definition) is 4. The molecule has 0 aliphatic heterocycles. The lowest BCUT2D eigenvalue weighted by molar-refractivity contribution is 0.0652. The van der Waals surface area contributed by atoms with Crippen molar-refractivity contribution >= 4 is 5.97 Å². The standard InChI is InChI=1S/C11H8FNO4/c1-5-2-6(12)3-7(10(5)14)8-4-9(11(15)16)17-13-8/h2-4,14H,1H3,(H,15,16). The monoisotopic (exact) mass is 237 g/mol. The Kier molecular flexibility index (Phi) is 2.55. The number of halogens is 1. The van der Waals surface area contributed by atoms with Crippen LogP contribution in [0.3, 0.4) is 0 Å². The summed E-state index contributed by atoms with van der Waals surface area (Å²) in [5.74, 6) is -2.36. The molecule has 2 aromatic rings. The van der Waals surface area contributed by atoms with Crippen LogP contribution in [0.4, 0.5) is 4.39 Å². The number of aromatic carboxylic acids is 1. The topological polar surface area (TPSA) is 83.6 Å². The average molecular weight is 237 g/mol. The molecule has 0 fully saturated rings. The number of phenols is 1. The zero-order valence-electron chi connectivity index (χ0n) is 8.77. The number of benzene rings is 1. The summed E-state index contributed by atoms with van der Waals surface area (Å²) >= 11 is 0. The van der Waals surface area contributed by atoms with Crippen LogP contribution in [0.15, 0.2) is 22.7 Å². The average Bonchev–Trinajstić information content (AvgIpc) is 2.72. The van der Waals surface area contributed by atoms with E-state index in [9.17, 15) is 14.3 Å². The van der Waals surface area contributed by atoms with Crippen LogP contribution in [0.5, 0.6) is 5.75 Å². The zero-order chi connectivity index (χ0) is 12.6. The van der Waals surface area contributed by atoms with E-state index in [1.165, 1.54) is 6.92 Å². The summed E-state index contributed by atoms with van der Waals surface area (Å²) in [5, 5.41) is 21.8. The van der Waals surface area contributed by atoms with Gasteiger partial charge in [-0.1, -0.05) is 5.16 Å². The lowest BCUT2D eigenvalue weighted by Crippen LogP contribution is -1.91. The number of carbonyl (C=O) groups is 1. The highest BCUT2D eigenvalue weighted by atomic mass is 19.1. The number of aromatic nitrogens is 1. The third-order valence-electron chi connectivity index (χ3n) is 2.26. The fourth-order valence-corrected chi connectivity index (χ4v) is 1.43. The van der Waals surface area contributed by atoms with Crippen molar-refractivity contribution in [3.05, 3.63) is 35.3 Å². The van der Waals surface area contributed by atoms with Crippen LogP contribution in [-0.4, -0.2) is 21.3 Å². The van der Waals surface area contributed by atoms with Crippen LogP contribution >= 0.6 is 0 Å². The van der Waals surface area contributed by atoms with Gasteiger partial charge in [0.25, 0.3) is 0 Å². The summed E-state index contributed by atoms with van der Waals surface area (Å²) in [7, 11) is 0. The Balaban J connectivity index is 2.56. The zero-order valence-corrected chi connectivity index (χ0v) is 8.77. The van der Waals surface area contributed by atoms with E-state index in [-0.39, 0.29) is 22.8 Å². The van der Waals surface area contributed by atoms with Gasteiger partial charge in [0.1, 0.15) is 17.3 Å². The molecule has 0 amide bonds. The molecule has 17 heavy (non-hydrogen) atoms. The molecule has 1 aromatic heterocycles. The van der Waals surface area contributed by atoms with E-state index in [0.29, 0.717) is 5.56 Å². The Bertz CT molecular complexity index is 591. The number of aryl methyl sites for hydroxylation is 1. The summed E-state index contributed by atoms with van der Waals surface area (Å²) in [6.45, 7) is 1.53. The van der Waals surface area contributed by atoms with E-state index in [1.807, 2.05) is 0 Å². The van der Waals surface area contributed by atoms with E-state index in [0.717, 1.165) is 18.2 Å². The molecule has 0 saturated carbocycles. The molecular weight excluding hydrogens is 229 g/mol. The Morgan fingerprint density at radius 3 is 2.71 bits per heavy atom. The molecule has 0 saturated heterocycles. The highest BCUT2D eigenvalue weighted by Gasteiger charge is 2.16. The molecule has 2 rings (SSSR count). The van der Waals surface area contributed by atoms with Crippen LogP contribution in [0.25, 0.3) is 11.3 Å². The predicted octanol–water partition coefficient (Wildman–Crippen LogP) is 2.19. The molecule has 0 aliphatic carbocycles. The number of hydrogen-bond donors (Lipinski definition) is 2. The van der Waals surface area contributed by atoms with Gasteiger partial charge in [0, 0.05) is 11.6 Å². The lowest BCUT2D eigenvalue weighted by Gasteiger charge is -2.04. The second kappa shape index (κ2) is 3.89. The van der Waals surface area contributed by atoms with Crippen LogP contribution in [-0.2, 0) is 0 Å². The van der Waals surface area contributed by atoms with Crippen molar-refractivity contribution in [2.24, 2.45) is 0 Å². The summed E-state index contributed by atoms with van der Waals surface area (Å²) in [6.07, 6.45) is 0. The van der Waals surface area contributed by atoms with Crippen molar-refractivity contribution in [3.63, 3.8) is 0 Å². The number of carboxylic acid groups (broad SMARTS) is 1. The van der Waals surface area contributed by atoms with Crippen LogP contribution in [0, 0.1) is 12.7 Å². The molecule has 0 aliphatic rings. The smallest absolute Gasteiger partial charge is 0.374 e. The van der Waals surface area contributed by atoms with Gasteiger partial charge in [0.2, 0.25) is 5.76 Å². The first-order valence-corrected chi connectivity index (χ1v) is 4.68. The van der Waals surface area contributed by atoms with Crippen molar-refractivity contribution < 1.29 is 23.9 Å². The highest BCUT2D eigenvalue weighted by molar-refractivity contribution is 5.86. The van der Waals surface area contributed by atoms with Gasteiger partial charge in [-0.2, -0.15) is 0 Å². The first kappa shape index (κ1) is 11.1. The molecule has 1 heterocycles. The van der Waals surface area contributed by atoms with Crippen molar-refractivity contribution in [2.45, 2.75) is 6.92 Å². The number of aromatic hydroxyl groups is 1. The maximum Gasteiger partial charge on any atom is 0.374 e. The van der Waals surface area contributed by atoms with E-state index >= 15 is 0 Å². The van der Waals surface area contributed by atoms with E-state index in [2.05, 4.69) is 9.68 Å². The first-order chi connectivity index (χ1) is 7.99. The summed E-state index contributed by atoms with van der Waals surface area (Å²) in [6, 6.07) is 3.35. The normalized spacial score (nSPS) is 10.5. The van der Waals surface area contributed by atoms with Gasteiger partial charge in [-0.15, -0.1) is 0 Å². The molecule has 88 valence electrons. The number of rotatable bonds is 2. The van der Waals surface area contributed by atoms with Crippen LogP contribution in [0.2, 0.25) is 0 Å². The summed E-state index contributed by atoms with van der Waals surface area (Å²) in [4.78, 5) is 10.6. The third-order valence-corrected chi connectivity index (χ3v) is 2.26. The minimum Gasteiger partial charge on any atom is -0.507 e. The molecule has 0 spiro atoms. The van der Waals surface area contributed by atoms with Crippen molar-refractivity contribution in [1.82, 2.24) is 5.16 Å². The van der Waals surface area contributed by atoms with Crippen LogP contribution in [0.1, 0.15) is 16.1 Å². The number of nitrogens with zero attached hydrogens (tertiary/aromatic N) is 1. The van der Waals surface area contributed by atoms with Crippen LogP contribution < -0.4 is 0 Å². The maximum atomic E-state index is 13.2. The van der Waals surface area contributed by atoms with E-state index < -0.39 is 11.8 Å². The number of phenolic OH excluding ortho intramolecular Hbond substituents is 1. The SMILES string of the molecule is Cc1cc(F)cc(-c2cc(C(=O)O)on2)c1O. The largest absolute Gasteiger partial charge is 0.507 e. The maximum absolute atomic E-state index is 13.2. The minimum absolute atomic E-state index is 0.0718. The molecule has 2 N–H and O–H groups in total. The van der Waals surface area contributed by atoms with Gasteiger partial charge in [-0.25, -0.2) is 9.18 Å². The quantitative estimate of drug-likeness (QED) is 0.836. The van der Waals surface area contributed by atoms with E-state index in [4.69, 9.17) is 5.11 Å². The molecule has 0 bridgehead atoms. The summed E-state index contributed by atoms with van der Waals surface area (Å²) in [5.41, 5.74) is 0.501. The molecule has 6 heteroatoms. The lowest BCUT2D eigenvalue weighted by atomic mass is 10.1.